The van der Waals surface area contributed by atoms with Crippen LogP contribution >= 0.6 is 11.3 Å². The number of hydrogen-bond acceptors (Lipinski definition) is 5. The average Bonchev–Trinajstić information content (AvgIpc) is 2.87. The van der Waals surface area contributed by atoms with Crippen molar-refractivity contribution in [2.24, 2.45) is 5.92 Å². The van der Waals surface area contributed by atoms with Gasteiger partial charge in [-0.05, 0) is 38.8 Å². The highest BCUT2D eigenvalue weighted by atomic mass is 32.1. The van der Waals surface area contributed by atoms with E-state index in [0.717, 1.165) is 16.7 Å². The average molecular weight is 240 g/mol. The Balaban J connectivity index is 1.68. The zero-order valence-corrected chi connectivity index (χ0v) is 10.9. The fourth-order valence-corrected chi connectivity index (χ4v) is 2.70. The van der Waals surface area contributed by atoms with Crippen LogP contribution in [-0.4, -0.2) is 41.3 Å². The van der Waals surface area contributed by atoms with Crippen LogP contribution in [0.25, 0.3) is 0 Å². The number of nitrogens with one attached hydrogen (secondary N) is 1. The van der Waals surface area contributed by atoms with Crippen LogP contribution in [0.5, 0.6) is 0 Å². The zero-order valence-electron chi connectivity index (χ0n) is 10.1. The number of rotatable bonds is 5. The maximum atomic E-state index is 4.06. The van der Waals surface area contributed by atoms with Gasteiger partial charge in [-0.1, -0.05) is 18.3 Å². The fourth-order valence-electron chi connectivity index (χ4n) is 2.10. The monoisotopic (exact) mass is 240 g/mol. The first-order chi connectivity index (χ1) is 7.74. The number of aromatic nitrogens is 2. The Labute approximate surface area is 101 Å². The molecule has 0 amide bonds. The summed E-state index contributed by atoms with van der Waals surface area (Å²) in [7, 11) is 0. The molecule has 1 N–H and O–H groups in total. The standard InChI is InChI=1S/C11H20N4S/c1-9(8-15-5-3-4-6-15)7-12-11-14-13-10(2)16-11/h9H,3-8H2,1-2H3,(H,12,14). The summed E-state index contributed by atoms with van der Waals surface area (Å²) in [6.45, 7) is 9.02. The number of nitrogens with zero attached hydrogens (tertiary/aromatic N) is 3. The lowest BCUT2D eigenvalue weighted by molar-refractivity contribution is 0.294. The minimum Gasteiger partial charge on any atom is -0.360 e. The van der Waals surface area contributed by atoms with E-state index in [1.165, 1.54) is 32.5 Å². The topological polar surface area (TPSA) is 41.1 Å². The van der Waals surface area contributed by atoms with Crippen molar-refractivity contribution in [1.82, 2.24) is 15.1 Å². The second-order valence-electron chi connectivity index (χ2n) is 4.62. The van der Waals surface area contributed by atoms with Crippen molar-refractivity contribution < 1.29 is 0 Å². The summed E-state index contributed by atoms with van der Waals surface area (Å²) in [4.78, 5) is 2.55. The molecule has 0 spiro atoms. The van der Waals surface area contributed by atoms with Crippen LogP contribution in [0, 0.1) is 12.8 Å². The van der Waals surface area contributed by atoms with E-state index in [9.17, 15) is 0 Å². The van der Waals surface area contributed by atoms with Gasteiger partial charge in [-0.25, -0.2) is 0 Å². The molecule has 1 aliphatic rings. The molecule has 1 aliphatic heterocycles. The molecule has 1 unspecified atom stereocenters. The molecule has 2 heterocycles. The van der Waals surface area contributed by atoms with Gasteiger partial charge in [-0.3, -0.25) is 0 Å². The molecule has 1 aromatic heterocycles. The van der Waals surface area contributed by atoms with Crippen LogP contribution < -0.4 is 5.32 Å². The van der Waals surface area contributed by atoms with Gasteiger partial charge >= 0.3 is 0 Å². The molecule has 16 heavy (non-hydrogen) atoms. The van der Waals surface area contributed by atoms with Crippen LogP contribution in [-0.2, 0) is 0 Å². The predicted molar refractivity (Wildman–Crippen MR) is 68.0 cm³/mol. The van der Waals surface area contributed by atoms with E-state index in [-0.39, 0.29) is 0 Å². The molecule has 4 nitrogen and oxygen atoms in total. The first kappa shape index (κ1) is 11.8. The highest BCUT2D eigenvalue weighted by Crippen LogP contribution is 2.15. The molecular weight excluding hydrogens is 220 g/mol. The molecular formula is C11H20N4S. The molecule has 1 atom stereocenters. The molecule has 0 saturated carbocycles. The second-order valence-corrected chi connectivity index (χ2v) is 5.80. The van der Waals surface area contributed by atoms with Gasteiger partial charge in [0.05, 0.1) is 0 Å². The predicted octanol–water partition coefficient (Wildman–Crippen LogP) is 1.99. The Morgan fingerprint density at radius 1 is 1.38 bits per heavy atom. The van der Waals surface area contributed by atoms with Gasteiger partial charge in [0.1, 0.15) is 5.01 Å². The third-order valence-corrected chi connectivity index (χ3v) is 3.69. The van der Waals surface area contributed by atoms with E-state index in [4.69, 9.17) is 0 Å². The van der Waals surface area contributed by atoms with Gasteiger partial charge in [0.2, 0.25) is 5.13 Å². The summed E-state index contributed by atoms with van der Waals surface area (Å²) in [5.74, 6) is 0.669. The van der Waals surface area contributed by atoms with Gasteiger partial charge in [-0.2, -0.15) is 0 Å². The zero-order chi connectivity index (χ0) is 11.4. The molecule has 0 bridgehead atoms. The van der Waals surface area contributed by atoms with E-state index in [1.54, 1.807) is 11.3 Å². The Kier molecular flexibility index (Phi) is 4.12. The summed E-state index contributed by atoms with van der Waals surface area (Å²) in [6.07, 6.45) is 2.74. The fraction of sp³-hybridized carbons (Fsp3) is 0.818. The van der Waals surface area contributed by atoms with Gasteiger partial charge < -0.3 is 10.2 Å². The minimum absolute atomic E-state index is 0.669. The Hall–Kier alpha value is -0.680. The van der Waals surface area contributed by atoms with Gasteiger partial charge in [0.15, 0.2) is 0 Å². The first-order valence-electron chi connectivity index (χ1n) is 6.00. The van der Waals surface area contributed by atoms with E-state index in [2.05, 4.69) is 27.3 Å². The largest absolute Gasteiger partial charge is 0.360 e. The Morgan fingerprint density at radius 3 is 2.75 bits per heavy atom. The summed E-state index contributed by atoms with van der Waals surface area (Å²) < 4.78 is 0. The van der Waals surface area contributed by atoms with Crippen molar-refractivity contribution in [3.63, 3.8) is 0 Å². The molecule has 2 rings (SSSR count). The second kappa shape index (κ2) is 5.59. The van der Waals surface area contributed by atoms with Gasteiger partial charge in [0, 0.05) is 13.1 Å². The van der Waals surface area contributed by atoms with Crippen molar-refractivity contribution >= 4 is 16.5 Å². The van der Waals surface area contributed by atoms with E-state index < -0.39 is 0 Å². The van der Waals surface area contributed by atoms with Crippen molar-refractivity contribution in [3.8, 4) is 0 Å². The van der Waals surface area contributed by atoms with Crippen LogP contribution in [0.3, 0.4) is 0 Å². The van der Waals surface area contributed by atoms with E-state index in [0.29, 0.717) is 5.92 Å². The van der Waals surface area contributed by atoms with E-state index in [1.807, 2.05) is 6.92 Å². The Morgan fingerprint density at radius 2 is 2.12 bits per heavy atom. The number of aryl methyl sites for hydroxylation is 1. The van der Waals surface area contributed by atoms with Crippen molar-refractivity contribution in [3.05, 3.63) is 5.01 Å². The third-order valence-electron chi connectivity index (χ3n) is 2.90. The summed E-state index contributed by atoms with van der Waals surface area (Å²) >= 11 is 1.63. The molecule has 0 aliphatic carbocycles. The Bertz CT molecular complexity index is 320. The highest BCUT2D eigenvalue weighted by molar-refractivity contribution is 7.15. The highest BCUT2D eigenvalue weighted by Gasteiger charge is 2.14. The van der Waals surface area contributed by atoms with Gasteiger partial charge in [-0.15, -0.1) is 10.2 Å². The lowest BCUT2D eigenvalue weighted by Crippen LogP contribution is -2.28. The maximum Gasteiger partial charge on any atom is 0.205 e. The van der Waals surface area contributed by atoms with Crippen LogP contribution in [0.1, 0.15) is 24.8 Å². The van der Waals surface area contributed by atoms with Crippen molar-refractivity contribution in [1.29, 1.82) is 0 Å². The molecule has 1 saturated heterocycles. The first-order valence-corrected chi connectivity index (χ1v) is 6.82. The van der Waals surface area contributed by atoms with Crippen molar-refractivity contribution in [2.45, 2.75) is 26.7 Å². The summed E-state index contributed by atoms with van der Waals surface area (Å²) in [5, 5.41) is 13.4. The molecule has 90 valence electrons. The quantitative estimate of drug-likeness (QED) is 0.854. The third kappa shape index (κ3) is 3.42. The lowest BCUT2D eigenvalue weighted by atomic mass is 10.2. The minimum atomic E-state index is 0.669. The smallest absolute Gasteiger partial charge is 0.205 e. The van der Waals surface area contributed by atoms with E-state index >= 15 is 0 Å². The maximum absolute atomic E-state index is 4.06. The molecule has 1 fully saturated rings. The molecule has 1 aromatic rings. The molecule has 0 radical (unpaired) electrons. The van der Waals surface area contributed by atoms with Crippen molar-refractivity contribution in [2.75, 3.05) is 31.5 Å². The lowest BCUT2D eigenvalue weighted by Gasteiger charge is -2.20. The number of hydrogen-bond donors (Lipinski definition) is 1. The van der Waals surface area contributed by atoms with Crippen LogP contribution in [0.15, 0.2) is 0 Å². The molecule has 0 aromatic carbocycles. The normalized spacial score (nSPS) is 18.9. The number of likely N-dealkylation sites (tertiary alicyclic amines) is 1. The number of anilines is 1. The van der Waals surface area contributed by atoms with Crippen LogP contribution in [0.2, 0.25) is 0 Å². The SMILES string of the molecule is Cc1nnc(NCC(C)CN2CCCC2)s1. The summed E-state index contributed by atoms with van der Waals surface area (Å²) in [6, 6.07) is 0. The van der Waals surface area contributed by atoms with Gasteiger partial charge in [0.25, 0.3) is 0 Å². The van der Waals surface area contributed by atoms with Crippen LogP contribution in [0.4, 0.5) is 5.13 Å². The molecule has 5 heteroatoms. The summed E-state index contributed by atoms with van der Waals surface area (Å²) in [5.41, 5.74) is 0.